The number of carboxylic acid groups (broad SMARTS) is 1. The van der Waals surface area contributed by atoms with Crippen molar-refractivity contribution in [2.24, 2.45) is 5.92 Å². The highest BCUT2D eigenvalue weighted by Crippen LogP contribution is 2.33. The number of nitrogens with one attached hydrogen (secondary N) is 2. The number of aromatic carboxylic acids is 1. The Morgan fingerprint density at radius 1 is 0.957 bits per heavy atom. The Kier molecular flexibility index (Phi) is 9.62. The largest absolute Gasteiger partial charge is 0.480 e. The summed E-state index contributed by atoms with van der Waals surface area (Å²) in [6.07, 6.45) is 2.82. The normalized spacial score (nSPS) is 13.3. The molecule has 11 nitrogen and oxygen atoms in total. The third-order valence-corrected chi connectivity index (χ3v) is 8.13. The zero-order chi connectivity index (χ0) is 33.0. The molecule has 3 aromatic carbocycles. The molecule has 1 heterocycles. The van der Waals surface area contributed by atoms with E-state index in [0.29, 0.717) is 33.1 Å². The van der Waals surface area contributed by atoms with Gasteiger partial charge in [0.2, 0.25) is 17.7 Å². The molecule has 0 unspecified atom stereocenters. The van der Waals surface area contributed by atoms with Crippen LogP contribution in [0.2, 0.25) is 5.02 Å². The van der Waals surface area contributed by atoms with E-state index in [1.807, 2.05) is 0 Å². The molecular formula is C34H31ClN4O7. The number of amides is 2. The molecule has 0 saturated heterocycles. The van der Waals surface area contributed by atoms with Crippen molar-refractivity contribution in [2.45, 2.75) is 38.6 Å². The van der Waals surface area contributed by atoms with Crippen molar-refractivity contribution in [2.75, 3.05) is 17.7 Å². The lowest BCUT2D eigenvalue weighted by Gasteiger charge is -2.24. The van der Waals surface area contributed by atoms with E-state index in [1.165, 1.54) is 50.4 Å². The number of carbonyl (C=O) groups excluding carboxylic acids is 3. The second-order valence-corrected chi connectivity index (χ2v) is 11.4. The van der Waals surface area contributed by atoms with E-state index in [2.05, 4.69) is 15.7 Å². The number of benzene rings is 3. The smallest absolute Gasteiger partial charge is 0.335 e. The van der Waals surface area contributed by atoms with Crippen LogP contribution in [0.1, 0.15) is 58.5 Å². The first-order chi connectivity index (χ1) is 22.0. The molecule has 1 aliphatic rings. The van der Waals surface area contributed by atoms with Gasteiger partial charge in [-0.3, -0.25) is 19.2 Å². The number of anilines is 2. The number of hydrogen-bond donors (Lipinski definition) is 3. The Morgan fingerprint density at radius 3 is 2.20 bits per heavy atom. The molecule has 1 aliphatic carbocycles. The summed E-state index contributed by atoms with van der Waals surface area (Å²) in [4.78, 5) is 63.5. The van der Waals surface area contributed by atoms with Crippen LogP contribution in [0.3, 0.4) is 0 Å². The van der Waals surface area contributed by atoms with Crippen LogP contribution in [0.4, 0.5) is 11.4 Å². The van der Waals surface area contributed by atoms with Crippen LogP contribution < -0.4 is 20.9 Å². The van der Waals surface area contributed by atoms with Gasteiger partial charge in [-0.15, -0.1) is 5.10 Å². The van der Waals surface area contributed by atoms with E-state index >= 15 is 0 Å². The van der Waals surface area contributed by atoms with Gasteiger partial charge in [-0.1, -0.05) is 30.2 Å². The predicted molar refractivity (Wildman–Crippen MR) is 173 cm³/mol. The highest BCUT2D eigenvalue weighted by Gasteiger charge is 2.28. The maximum Gasteiger partial charge on any atom is 0.335 e. The quantitative estimate of drug-likeness (QED) is 0.178. The fraction of sp³-hybridized carbons (Fsp3) is 0.235. The summed E-state index contributed by atoms with van der Waals surface area (Å²) in [7, 11) is 1.36. The Labute approximate surface area is 269 Å². The maximum atomic E-state index is 13.8. The first-order valence-corrected chi connectivity index (χ1v) is 14.9. The molecular weight excluding hydrogens is 612 g/mol. The van der Waals surface area contributed by atoms with Crippen LogP contribution in [0, 0.1) is 5.92 Å². The average molecular weight is 643 g/mol. The van der Waals surface area contributed by atoms with Gasteiger partial charge in [0, 0.05) is 40.4 Å². The number of aromatic nitrogens is 2. The molecule has 1 atom stereocenters. The third-order valence-electron chi connectivity index (χ3n) is 7.89. The number of carbonyl (C=O) groups is 4. The second kappa shape index (κ2) is 13.8. The fourth-order valence-corrected chi connectivity index (χ4v) is 5.31. The van der Waals surface area contributed by atoms with Crippen molar-refractivity contribution in [1.29, 1.82) is 0 Å². The minimum Gasteiger partial charge on any atom is -0.480 e. The highest BCUT2D eigenvalue weighted by molar-refractivity contribution is 6.31. The Balaban J connectivity index is 1.51. The molecule has 3 N–H and O–H groups in total. The van der Waals surface area contributed by atoms with Gasteiger partial charge < -0.3 is 20.5 Å². The first kappa shape index (κ1) is 32.1. The van der Waals surface area contributed by atoms with Crippen molar-refractivity contribution in [3.63, 3.8) is 0 Å². The van der Waals surface area contributed by atoms with Crippen LogP contribution in [0.5, 0.6) is 5.88 Å². The molecule has 1 saturated carbocycles. The summed E-state index contributed by atoms with van der Waals surface area (Å²) >= 11 is 6.22. The van der Waals surface area contributed by atoms with Crippen molar-refractivity contribution in [3.05, 3.63) is 105 Å². The lowest BCUT2D eigenvalue weighted by atomic mass is 9.85. The number of rotatable bonds is 11. The zero-order valence-corrected chi connectivity index (χ0v) is 25.8. The molecule has 0 bridgehead atoms. The van der Waals surface area contributed by atoms with Gasteiger partial charge >= 0.3 is 5.97 Å². The van der Waals surface area contributed by atoms with Crippen LogP contribution in [-0.2, 0) is 16.0 Å². The summed E-state index contributed by atoms with van der Waals surface area (Å²) in [6.45, 7) is 1.39. The predicted octanol–water partition coefficient (Wildman–Crippen LogP) is 5.63. The van der Waals surface area contributed by atoms with E-state index in [-0.39, 0.29) is 41.0 Å². The van der Waals surface area contributed by atoms with Gasteiger partial charge in [-0.05, 0) is 85.5 Å². The number of nitrogens with zero attached hydrogens (tertiary/aromatic N) is 2. The van der Waals surface area contributed by atoms with E-state index in [0.717, 1.165) is 23.9 Å². The van der Waals surface area contributed by atoms with Crippen LogP contribution in [0.25, 0.3) is 11.1 Å². The standard InChI is InChI=1S/C34H31ClN4O7/c1-19(40)26-15-10-23(35)17-27(26)28-18-30(41)39(38-33(28)46-2)29(32(43)37-25-13-8-22(9-14-25)34(44)45)16-20-6-11-24(12-7-20)36-31(42)21-4-3-5-21/h6-15,17-18,21,29H,3-5,16H2,1-2H3,(H,36,42)(H,37,43)(H,44,45)/t29-/m0/s1. The third kappa shape index (κ3) is 7.16. The van der Waals surface area contributed by atoms with E-state index in [9.17, 15) is 29.1 Å². The number of ketones is 1. The number of Topliss-reactive ketones (excluding diaryl/α,β-unsaturated/α-hetero) is 1. The number of methoxy groups -OCH3 is 1. The monoisotopic (exact) mass is 642 g/mol. The molecule has 1 aromatic heterocycles. The van der Waals surface area contributed by atoms with E-state index in [4.69, 9.17) is 16.3 Å². The minimum atomic E-state index is -1.18. The summed E-state index contributed by atoms with van der Waals surface area (Å²) in [6, 6.07) is 17.3. The van der Waals surface area contributed by atoms with Crippen LogP contribution in [0.15, 0.2) is 77.6 Å². The molecule has 46 heavy (non-hydrogen) atoms. The van der Waals surface area contributed by atoms with Crippen LogP contribution in [-0.4, -0.2) is 45.6 Å². The molecule has 12 heteroatoms. The van der Waals surface area contributed by atoms with E-state index in [1.54, 1.807) is 36.4 Å². The lowest BCUT2D eigenvalue weighted by Crippen LogP contribution is -2.36. The Hall–Kier alpha value is -5.29. The summed E-state index contributed by atoms with van der Waals surface area (Å²) in [5, 5.41) is 19.6. The number of halogens is 1. The first-order valence-electron chi connectivity index (χ1n) is 14.6. The summed E-state index contributed by atoms with van der Waals surface area (Å²) in [5.74, 6) is -1.98. The Morgan fingerprint density at radius 2 is 1.61 bits per heavy atom. The number of hydrogen-bond acceptors (Lipinski definition) is 7. The minimum absolute atomic E-state index is 0.0120. The molecule has 236 valence electrons. The van der Waals surface area contributed by atoms with Gasteiger partial charge in [-0.2, -0.15) is 0 Å². The van der Waals surface area contributed by atoms with Crippen molar-refractivity contribution < 1.29 is 29.0 Å². The second-order valence-electron chi connectivity index (χ2n) is 11.0. The molecule has 2 amide bonds. The Bertz CT molecular complexity index is 1870. The molecule has 5 rings (SSSR count). The molecule has 0 spiro atoms. The fourth-order valence-electron chi connectivity index (χ4n) is 5.14. The number of carboxylic acids is 1. The van der Waals surface area contributed by atoms with Crippen molar-refractivity contribution in [1.82, 2.24) is 9.78 Å². The van der Waals surface area contributed by atoms with Gasteiger partial charge in [-0.25, -0.2) is 9.48 Å². The van der Waals surface area contributed by atoms with Gasteiger partial charge in [0.05, 0.1) is 18.2 Å². The molecule has 0 radical (unpaired) electrons. The summed E-state index contributed by atoms with van der Waals surface area (Å²) < 4.78 is 6.54. The van der Waals surface area contributed by atoms with Gasteiger partial charge in [0.1, 0.15) is 6.04 Å². The van der Waals surface area contributed by atoms with Crippen LogP contribution >= 0.6 is 11.6 Å². The molecule has 1 fully saturated rings. The van der Waals surface area contributed by atoms with Gasteiger partial charge in [0.15, 0.2) is 5.78 Å². The molecule has 4 aromatic rings. The average Bonchev–Trinajstić information content (AvgIpc) is 3.00. The highest BCUT2D eigenvalue weighted by atomic mass is 35.5. The SMILES string of the molecule is COc1nn([C@@H](Cc2ccc(NC(=O)C3CCC3)cc2)C(=O)Nc2ccc(C(=O)O)cc2)c(=O)cc1-c1cc(Cl)ccc1C(C)=O. The topological polar surface area (TPSA) is 157 Å². The van der Waals surface area contributed by atoms with E-state index < -0.39 is 23.5 Å². The summed E-state index contributed by atoms with van der Waals surface area (Å²) in [5.41, 5.74) is 1.90. The van der Waals surface area contributed by atoms with Crippen molar-refractivity contribution >= 4 is 46.5 Å². The zero-order valence-electron chi connectivity index (χ0n) is 25.1. The molecule has 0 aliphatic heterocycles. The maximum absolute atomic E-state index is 13.8. The lowest BCUT2D eigenvalue weighted by molar-refractivity contribution is -0.122. The van der Waals surface area contributed by atoms with Crippen molar-refractivity contribution in [3.8, 4) is 17.0 Å². The number of ether oxygens (including phenoxy) is 1. The van der Waals surface area contributed by atoms with Gasteiger partial charge in [0.25, 0.3) is 5.56 Å².